The van der Waals surface area contributed by atoms with Gasteiger partial charge in [-0.2, -0.15) is 0 Å². The van der Waals surface area contributed by atoms with E-state index in [0.29, 0.717) is 0 Å². The highest BCUT2D eigenvalue weighted by Gasteiger charge is 2.16. The molecule has 0 saturated heterocycles. The van der Waals surface area contributed by atoms with Crippen molar-refractivity contribution < 1.29 is 16.8 Å². The van der Waals surface area contributed by atoms with Gasteiger partial charge in [0.05, 0.1) is 10.5 Å². The van der Waals surface area contributed by atoms with E-state index < -0.39 is 20.0 Å². The molecule has 0 aromatic heterocycles. The Hall–Kier alpha value is -0.180. The summed E-state index contributed by atoms with van der Waals surface area (Å²) in [7, 11) is -6.09. The van der Waals surface area contributed by atoms with Crippen LogP contribution in [-0.2, 0) is 20.0 Å². The molecule has 0 amide bonds. The Kier molecular flexibility index (Phi) is 12.9. The lowest BCUT2D eigenvalue weighted by molar-refractivity contribution is 0.559. The van der Waals surface area contributed by atoms with Crippen molar-refractivity contribution in [3.8, 4) is 0 Å². The summed E-state index contributed by atoms with van der Waals surface area (Å²) >= 11 is 0. The van der Waals surface area contributed by atoms with Crippen molar-refractivity contribution in [1.29, 1.82) is 0 Å². The van der Waals surface area contributed by atoms with E-state index in [1.807, 2.05) is 0 Å². The van der Waals surface area contributed by atoms with Crippen molar-refractivity contribution in [2.75, 3.05) is 0 Å². The van der Waals surface area contributed by atoms with E-state index in [2.05, 4.69) is 9.44 Å². The third-order valence-electron chi connectivity index (χ3n) is 2.04. The number of hydrogen-bond acceptors (Lipinski definition) is 4. The molecule has 0 aliphatic rings. The summed E-state index contributed by atoms with van der Waals surface area (Å²) in [5.74, 6) is 0. The average Bonchev–Trinajstić information content (AvgIpc) is 2.13. The first-order valence-electron chi connectivity index (χ1n) is 6.74. The second-order valence-corrected chi connectivity index (χ2v) is 10.3. The number of rotatable bonds is 6. The summed E-state index contributed by atoms with van der Waals surface area (Å²) in [5.41, 5.74) is 0. The highest BCUT2D eigenvalue weighted by Crippen LogP contribution is 1.97. The molecular formula is C13H34N2O4S2. The first-order chi connectivity index (χ1) is 8.72. The molecule has 2 N–H and O–H groups in total. The first-order valence-corrected chi connectivity index (χ1v) is 9.84. The zero-order valence-corrected chi connectivity index (χ0v) is 15.4. The zero-order chi connectivity index (χ0) is 16.7. The standard InChI is InChI=1S/2C6H15NO2S.CH4/c2*1-5(2)7-10(8,9)6(3)4;/h2*5-7H,1-4H3;1H4. The van der Waals surface area contributed by atoms with Crippen LogP contribution in [0.15, 0.2) is 0 Å². The second-order valence-electron chi connectivity index (χ2n) is 5.73. The first kappa shape index (κ1) is 25.8. The maximum atomic E-state index is 11.0. The fourth-order valence-electron chi connectivity index (χ4n) is 0.929. The summed E-state index contributed by atoms with van der Waals surface area (Å²) in [6.07, 6.45) is 0. The van der Waals surface area contributed by atoms with Crippen LogP contribution in [0.3, 0.4) is 0 Å². The fourth-order valence-corrected chi connectivity index (χ4v) is 2.79. The van der Waals surface area contributed by atoms with Crippen molar-refractivity contribution in [1.82, 2.24) is 9.44 Å². The summed E-state index contributed by atoms with van der Waals surface area (Å²) in [6.45, 7) is 13.9. The van der Waals surface area contributed by atoms with Crippen molar-refractivity contribution in [3.05, 3.63) is 0 Å². The lowest BCUT2D eigenvalue weighted by Crippen LogP contribution is -2.35. The summed E-state index contributed by atoms with van der Waals surface area (Å²) in [4.78, 5) is 0. The molecule has 0 aliphatic heterocycles. The van der Waals surface area contributed by atoms with Gasteiger partial charge in [-0.15, -0.1) is 0 Å². The molecule has 0 heterocycles. The van der Waals surface area contributed by atoms with E-state index in [0.717, 1.165) is 0 Å². The molecule has 0 atom stereocenters. The van der Waals surface area contributed by atoms with E-state index in [1.54, 1.807) is 55.4 Å². The minimum Gasteiger partial charge on any atom is -0.212 e. The lowest BCUT2D eigenvalue weighted by Gasteiger charge is -2.11. The highest BCUT2D eigenvalue weighted by molar-refractivity contribution is 7.90. The third-order valence-corrected chi connectivity index (χ3v) is 6.12. The van der Waals surface area contributed by atoms with Crippen LogP contribution in [0.25, 0.3) is 0 Å². The molecule has 132 valence electrons. The molecule has 0 aliphatic carbocycles. The van der Waals surface area contributed by atoms with Gasteiger partial charge in [0.2, 0.25) is 20.0 Å². The molecule has 0 aromatic carbocycles. The number of sulfonamides is 2. The quantitative estimate of drug-likeness (QED) is 0.770. The van der Waals surface area contributed by atoms with Gasteiger partial charge in [-0.05, 0) is 55.4 Å². The van der Waals surface area contributed by atoms with Gasteiger partial charge in [-0.25, -0.2) is 26.3 Å². The summed E-state index contributed by atoms with van der Waals surface area (Å²) in [5, 5.41) is -0.676. The van der Waals surface area contributed by atoms with E-state index in [1.165, 1.54) is 0 Å². The second kappa shape index (κ2) is 10.5. The summed E-state index contributed by atoms with van der Waals surface area (Å²) < 4.78 is 49.1. The predicted molar refractivity (Wildman–Crippen MR) is 91.4 cm³/mol. The van der Waals surface area contributed by atoms with Crippen LogP contribution in [0, 0.1) is 0 Å². The van der Waals surface area contributed by atoms with Crippen molar-refractivity contribution in [2.45, 2.75) is 85.4 Å². The lowest BCUT2D eigenvalue weighted by atomic mass is 10.4. The van der Waals surface area contributed by atoms with E-state index in [4.69, 9.17) is 0 Å². The van der Waals surface area contributed by atoms with E-state index >= 15 is 0 Å². The molecule has 0 rings (SSSR count). The van der Waals surface area contributed by atoms with Gasteiger partial charge >= 0.3 is 0 Å². The van der Waals surface area contributed by atoms with Crippen LogP contribution in [0.4, 0.5) is 0 Å². The van der Waals surface area contributed by atoms with Crippen LogP contribution in [0.2, 0.25) is 0 Å². The Morgan fingerprint density at radius 2 is 0.762 bits per heavy atom. The Morgan fingerprint density at radius 1 is 0.571 bits per heavy atom. The van der Waals surface area contributed by atoms with Crippen molar-refractivity contribution in [2.24, 2.45) is 0 Å². The Bertz CT molecular complexity index is 409. The zero-order valence-electron chi connectivity index (χ0n) is 13.8. The van der Waals surface area contributed by atoms with Gasteiger partial charge in [0.15, 0.2) is 0 Å². The molecular weight excluding hydrogens is 312 g/mol. The van der Waals surface area contributed by atoms with Crippen LogP contribution >= 0.6 is 0 Å². The molecule has 6 nitrogen and oxygen atoms in total. The molecule has 0 radical (unpaired) electrons. The predicted octanol–water partition coefficient (Wildman–Crippen LogP) is 2.08. The minimum absolute atomic E-state index is 0. The molecule has 0 fully saturated rings. The molecule has 21 heavy (non-hydrogen) atoms. The van der Waals surface area contributed by atoms with E-state index in [9.17, 15) is 16.8 Å². The van der Waals surface area contributed by atoms with Gasteiger partial charge in [0, 0.05) is 12.1 Å². The van der Waals surface area contributed by atoms with Gasteiger partial charge in [0.25, 0.3) is 0 Å². The van der Waals surface area contributed by atoms with Crippen molar-refractivity contribution >= 4 is 20.0 Å². The maximum Gasteiger partial charge on any atom is 0.214 e. The highest BCUT2D eigenvalue weighted by atomic mass is 32.2. The van der Waals surface area contributed by atoms with Gasteiger partial charge < -0.3 is 0 Å². The monoisotopic (exact) mass is 346 g/mol. The Balaban J connectivity index is -0.000000295. The molecule has 0 saturated carbocycles. The SMILES string of the molecule is C.CC(C)NS(=O)(=O)C(C)C.CC(C)NS(=O)(=O)C(C)C. The van der Waals surface area contributed by atoms with Gasteiger partial charge in [0.1, 0.15) is 0 Å². The van der Waals surface area contributed by atoms with Gasteiger partial charge in [-0.1, -0.05) is 7.43 Å². The summed E-state index contributed by atoms with van der Waals surface area (Å²) in [6, 6.07) is -0.0141. The normalized spacial score (nSPS) is 12.4. The molecule has 8 heteroatoms. The number of nitrogens with one attached hydrogen (secondary N) is 2. The molecule has 0 spiro atoms. The van der Waals surface area contributed by atoms with Crippen molar-refractivity contribution in [3.63, 3.8) is 0 Å². The third kappa shape index (κ3) is 13.2. The number of hydrogen-bond donors (Lipinski definition) is 2. The van der Waals surface area contributed by atoms with Crippen LogP contribution in [-0.4, -0.2) is 39.4 Å². The fraction of sp³-hybridized carbons (Fsp3) is 1.00. The van der Waals surface area contributed by atoms with Crippen LogP contribution in [0.1, 0.15) is 62.8 Å². The van der Waals surface area contributed by atoms with Gasteiger partial charge in [-0.3, -0.25) is 0 Å². The van der Waals surface area contributed by atoms with Crippen LogP contribution in [0.5, 0.6) is 0 Å². The molecule has 0 unspecified atom stereocenters. The molecule has 0 aromatic rings. The average molecular weight is 347 g/mol. The Labute approximate surface area is 132 Å². The molecule has 0 bridgehead atoms. The van der Waals surface area contributed by atoms with Crippen LogP contribution < -0.4 is 9.44 Å². The smallest absolute Gasteiger partial charge is 0.212 e. The maximum absolute atomic E-state index is 11.0. The Morgan fingerprint density at radius 3 is 0.810 bits per heavy atom. The minimum atomic E-state index is -3.05. The largest absolute Gasteiger partial charge is 0.214 e. The van der Waals surface area contributed by atoms with E-state index in [-0.39, 0.29) is 30.0 Å². The topological polar surface area (TPSA) is 92.3 Å².